The van der Waals surface area contributed by atoms with Crippen molar-refractivity contribution < 1.29 is 4.79 Å². The number of rotatable bonds is 7. The molecule has 1 unspecified atom stereocenters. The van der Waals surface area contributed by atoms with Crippen LogP contribution in [-0.2, 0) is 0 Å². The Kier molecular flexibility index (Phi) is 9.87. The molecule has 3 aromatic rings. The van der Waals surface area contributed by atoms with E-state index in [9.17, 15) is 4.79 Å². The number of nitrogens with two attached hydrogens (primary N) is 1. The summed E-state index contributed by atoms with van der Waals surface area (Å²) in [7, 11) is 0. The molecule has 1 aromatic carbocycles. The van der Waals surface area contributed by atoms with Gasteiger partial charge in [0, 0.05) is 35.9 Å². The van der Waals surface area contributed by atoms with Crippen LogP contribution in [0.5, 0.6) is 0 Å². The zero-order chi connectivity index (χ0) is 18.4. The molecule has 0 spiro atoms. The predicted octanol–water partition coefficient (Wildman–Crippen LogP) is 4.39. The van der Waals surface area contributed by atoms with E-state index in [1.165, 1.54) is 0 Å². The number of carbonyl (C=O) groups excluding carboxylic acids is 1. The molecule has 1 amide bonds. The Labute approximate surface area is 178 Å². The van der Waals surface area contributed by atoms with E-state index in [-0.39, 0.29) is 36.8 Å². The topological polar surface area (TPSA) is 80.9 Å². The molecule has 0 aliphatic heterocycles. The van der Waals surface area contributed by atoms with Gasteiger partial charge >= 0.3 is 0 Å². The summed E-state index contributed by atoms with van der Waals surface area (Å²) in [6.45, 7) is 2.57. The highest BCUT2D eigenvalue weighted by Crippen LogP contribution is 2.24. The van der Waals surface area contributed by atoms with Crippen molar-refractivity contribution in [3.05, 3.63) is 60.4 Å². The minimum absolute atomic E-state index is 0. The molecule has 150 valence electrons. The van der Waals surface area contributed by atoms with Crippen molar-refractivity contribution in [2.45, 2.75) is 32.2 Å². The SMILES string of the molecule is CCCCC(CN)NC(=O)c1cc(-c2cccnc2)nc2ccccc12.Cl.Cl. The fraction of sp³-hybridized carbons (Fsp3) is 0.286. The van der Waals surface area contributed by atoms with Crippen LogP contribution in [0.2, 0.25) is 0 Å². The summed E-state index contributed by atoms with van der Waals surface area (Å²) >= 11 is 0. The van der Waals surface area contributed by atoms with Gasteiger partial charge in [-0.2, -0.15) is 0 Å². The number of fused-ring (bicyclic) bond motifs is 1. The van der Waals surface area contributed by atoms with Crippen LogP contribution in [0, 0.1) is 0 Å². The zero-order valence-corrected chi connectivity index (χ0v) is 17.4. The first-order chi connectivity index (χ1) is 12.7. The fourth-order valence-corrected chi connectivity index (χ4v) is 2.99. The third kappa shape index (κ3) is 5.64. The van der Waals surface area contributed by atoms with Gasteiger partial charge in [0.25, 0.3) is 5.91 Å². The number of nitrogens with one attached hydrogen (secondary N) is 1. The van der Waals surface area contributed by atoms with E-state index in [4.69, 9.17) is 10.7 Å². The van der Waals surface area contributed by atoms with Crippen molar-refractivity contribution in [1.82, 2.24) is 15.3 Å². The molecule has 3 rings (SSSR count). The van der Waals surface area contributed by atoms with Crippen molar-refractivity contribution in [2.24, 2.45) is 5.73 Å². The number of hydrogen-bond acceptors (Lipinski definition) is 4. The third-order valence-corrected chi connectivity index (χ3v) is 4.44. The largest absolute Gasteiger partial charge is 0.348 e. The molecule has 7 heteroatoms. The molecule has 0 aliphatic rings. The summed E-state index contributed by atoms with van der Waals surface area (Å²) in [5.41, 5.74) is 8.86. The lowest BCUT2D eigenvalue weighted by molar-refractivity contribution is 0.0937. The number of amides is 1. The van der Waals surface area contributed by atoms with Gasteiger partial charge in [-0.3, -0.25) is 9.78 Å². The van der Waals surface area contributed by atoms with E-state index in [0.29, 0.717) is 12.1 Å². The van der Waals surface area contributed by atoms with Gasteiger partial charge in [0.05, 0.1) is 16.8 Å². The highest BCUT2D eigenvalue weighted by molar-refractivity contribution is 6.07. The second kappa shape index (κ2) is 11.6. The fourth-order valence-electron chi connectivity index (χ4n) is 2.99. The molecule has 2 heterocycles. The van der Waals surface area contributed by atoms with Crippen molar-refractivity contribution in [3.8, 4) is 11.3 Å². The summed E-state index contributed by atoms with van der Waals surface area (Å²) in [5, 5.41) is 3.92. The number of nitrogens with zero attached hydrogens (tertiary/aromatic N) is 2. The summed E-state index contributed by atoms with van der Waals surface area (Å²) in [6.07, 6.45) is 6.48. The van der Waals surface area contributed by atoms with Gasteiger partial charge in [0.2, 0.25) is 0 Å². The highest BCUT2D eigenvalue weighted by Gasteiger charge is 2.17. The third-order valence-electron chi connectivity index (χ3n) is 4.44. The summed E-state index contributed by atoms with van der Waals surface area (Å²) in [4.78, 5) is 21.8. The minimum Gasteiger partial charge on any atom is -0.348 e. The van der Waals surface area contributed by atoms with Crippen LogP contribution in [0.1, 0.15) is 36.5 Å². The minimum atomic E-state index is -0.111. The Morgan fingerprint density at radius 3 is 2.64 bits per heavy atom. The van der Waals surface area contributed by atoms with Gasteiger partial charge in [-0.15, -0.1) is 24.8 Å². The molecule has 0 saturated heterocycles. The van der Waals surface area contributed by atoms with Crippen molar-refractivity contribution in [3.63, 3.8) is 0 Å². The first-order valence-corrected chi connectivity index (χ1v) is 9.04. The Morgan fingerprint density at radius 2 is 1.96 bits per heavy atom. The molecule has 28 heavy (non-hydrogen) atoms. The summed E-state index contributed by atoms with van der Waals surface area (Å²) < 4.78 is 0. The normalized spacial score (nSPS) is 11.2. The van der Waals surface area contributed by atoms with Crippen LogP contribution in [0.3, 0.4) is 0 Å². The molecule has 0 radical (unpaired) electrons. The van der Waals surface area contributed by atoms with E-state index < -0.39 is 0 Å². The Morgan fingerprint density at radius 1 is 1.18 bits per heavy atom. The van der Waals surface area contributed by atoms with Gasteiger partial charge in [-0.1, -0.05) is 38.0 Å². The van der Waals surface area contributed by atoms with Crippen LogP contribution >= 0.6 is 24.8 Å². The molecule has 3 N–H and O–H groups in total. The smallest absolute Gasteiger partial charge is 0.252 e. The second-order valence-corrected chi connectivity index (χ2v) is 6.36. The maximum Gasteiger partial charge on any atom is 0.252 e. The highest BCUT2D eigenvalue weighted by atomic mass is 35.5. The maximum atomic E-state index is 13.0. The van der Waals surface area contributed by atoms with Gasteiger partial charge in [-0.25, -0.2) is 4.98 Å². The number of aromatic nitrogens is 2. The molecular formula is C21H26Cl2N4O. The number of unbranched alkanes of at least 4 members (excludes halogenated alkanes) is 1. The molecule has 0 aliphatic carbocycles. The first kappa shape index (κ1) is 23.8. The van der Waals surface area contributed by atoms with Crippen molar-refractivity contribution in [1.29, 1.82) is 0 Å². The number of halogens is 2. The molecule has 2 aromatic heterocycles. The van der Waals surface area contributed by atoms with Gasteiger partial charge in [-0.05, 0) is 30.7 Å². The quantitative estimate of drug-likeness (QED) is 0.593. The van der Waals surface area contributed by atoms with Crippen LogP contribution in [0.25, 0.3) is 22.2 Å². The Bertz CT molecular complexity index is 890. The van der Waals surface area contributed by atoms with Crippen LogP contribution in [0.4, 0.5) is 0 Å². The van der Waals surface area contributed by atoms with Gasteiger partial charge < -0.3 is 11.1 Å². The van der Waals surface area contributed by atoms with Crippen molar-refractivity contribution >= 4 is 41.6 Å². The number of para-hydroxylation sites is 1. The molecular weight excluding hydrogens is 395 g/mol. The van der Waals surface area contributed by atoms with E-state index in [1.54, 1.807) is 12.4 Å². The van der Waals surface area contributed by atoms with Crippen LogP contribution < -0.4 is 11.1 Å². The molecule has 0 saturated carbocycles. The number of hydrogen-bond donors (Lipinski definition) is 2. The lowest BCUT2D eigenvalue weighted by Gasteiger charge is -2.17. The van der Waals surface area contributed by atoms with Crippen LogP contribution in [0.15, 0.2) is 54.9 Å². The zero-order valence-electron chi connectivity index (χ0n) is 15.8. The average molecular weight is 421 g/mol. The lowest BCUT2D eigenvalue weighted by atomic mass is 10.0. The van der Waals surface area contributed by atoms with E-state index in [1.807, 2.05) is 42.5 Å². The van der Waals surface area contributed by atoms with E-state index in [0.717, 1.165) is 41.4 Å². The Balaban J connectivity index is 0.00000196. The molecule has 0 bridgehead atoms. The Hall–Kier alpha value is -2.21. The number of carbonyl (C=O) groups is 1. The first-order valence-electron chi connectivity index (χ1n) is 9.04. The maximum absolute atomic E-state index is 13.0. The standard InChI is InChI=1S/C21H24N4O.2ClH/c1-2-3-8-16(13-22)24-21(26)18-12-20(15-7-6-11-23-14-15)25-19-10-5-4-9-17(18)19;;/h4-7,9-12,14,16H,2-3,8,13,22H2,1H3,(H,24,26);2*1H. The number of pyridine rings is 2. The van der Waals surface area contributed by atoms with E-state index in [2.05, 4.69) is 17.2 Å². The average Bonchev–Trinajstić information content (AvgIpc) is 2.70. The lowest BCUT2D eigenvalue weighted by Crippen LogP contribution is -2.40. The summed E-state index contributed by atoms with van der Waals surface area (Å²) in [5.74, 6) is -0.111. The predicted molar refractivity (Wildman–Crippen MR) is 119 cm³/mol. The molecule has 0 fully saturated rings. The van der Waals surface area contributed by atoms with Crippen molar-refractivity contribution in [2.75, 3.05) is 6.54 Å². The van der Waals surface area contributed by atoms with Gasteiger partial charge in [0.15, 0.2) is 0 Å². The number of benzene rings is 1. The summed E-state index contributed by atoms with van der Waals surface area (Å²) in [6, 6.07) is 13.3. The second-order valence-electron chi connectivity index (χ2n) is 6.36. The van der Waals surface area contributed by atoms with Gasteiger partial charge in [0.1, 0.15) is 0 Å². The molecule has 5 nitrogen and oxygen atoms in total. The van der Waals surface area contributed by atoms with E-state index >= 15 is 0 Å². The monoisotopic (exact) mass is 420 g/mol. The van der Waals surface area contributed by atoms with Crippen LogP contribution in [-0.4, -0.2) is 28.5 Å². The molecule has 1 atom stereocenters.